The van der Waals surface area contributed by atoms with Gasteiger partial charge in [0.25, 0.3) is 0 Å². The normalized spacial score (nSPS) is 22.5. The van der Waals surface area contributed by atoms with E-state index in [1.807, 2.05) is 54.6 Å². The highest BCUT2D eigenvalue weighted by atomic mass is 16.6. The molecule has 0 aromatic heterocycles. The number of carbonyl (C=O) groups excluding carboxylic acids is 3. The SMILES string of the molecule is CCOC(=O)C1(NC(=O)OCC2c3ccccc3-c3ccccc32)CC2CCCC(C1)N2C(=O)OCc1ccccc1. The highest BCUT2D eigenvalue weighted by molar-refractivity contribution is 5.87. The molecular formula is C34H36N2O6. The first kappa shape index (κ1) is 27.8. The summed E-state index contributed by atoms with van der Waals surface area (Å²) >= 11 is 0. The van der Waals surface area contributed by atoms with E-state index >= 15 is 0 Å². The van der Waals surface area contributed by atoms with Crippen LogP contribution in [0.3, 0.4) is 0 Å². The maximum atomic E-state index is 13.4. The van der Waals surface area contributed by atoms with Gasteiger partial charge < -0.3 is 24.4 Å². The lowest BCUT2D eigenvalue weighted by Gasteiger charge is -2.51. The van der Waals surface area contributed by atoms with Crippen molar-refractivity contribution in [1.82, 2.24) is 10.2 Å². The van der Waals surface area contributed by atoms with Crippen LogP contribution in [0, 0.1) is 0 Å². The molecule has 3 aliphatic rings. The van der Waals surface area contributed by atoms with Gasteiger partial charge in [-0.15, -0.1) is 0 Å². The van der Waals surface area contributed by atoms with Crippen LogP contribution in [-0.2, 0) is 25.6 Å². The summed E-state index contributed by atoms with van der Waals surface area (Å²) in [6.07, 6.45) is 1.78. The molecule has 0 spiro atoms. The van der Waals surface area contributed by atoms with Crippen LogP contribution in [0.5, 0.6) is 0 Å². The van der Waals surface area contributed by atoms with E-state index in [0.29, 0.717) is 12.8 Å². The minimum atomic E-state index is -1.29. The van der Waals surface area contributed by atoms with Gasteiger partial charge in [0.2, 0.25) is 0 Å². The Labute approximate surface area is 246 Å². The van der Waals surface area contributed by atoms with Crippen LogP contribution in [0.2, 0.25) is 0 Å². The molecule has 0 saturated carbocycles. The topological polar surface area (TPSA) is 94.2 Å². The number of piperidine rings is 2. The maximum absolute atomic E-state index is 13.4. The minimum Gasteiger partial charge on any atom is -0.464 e. The molecule has 2 aliphatic heterocycles. The Balaban J connectivity index is 1.16. The molecule has 6 rings (SSSR count). The largest absolute Gasteiger partial charge is 0.464 e. The van der Waals surface area contributed by atoms with Gasteiger partial charge in [-0.2, -0.15) is 0 Å². The van der Waals surface area contributed by atoms with Crippen LogP contribution in [0.4, 0.5) is 9.59 Å². The molecule has 3 aromatic carbocycles. The quantitative estimate of drug-likeness (QED) is 0.270. The zero-order valence-electron chi connectivity index (χ0n) is 23.8. The Hall–Kier alpha value is -4.33. The third-order valence-corrected chi connectivity index (χ3v) is 8.80. The second-order valence-corrected chi connectivity index (χ2v) is 11.3. The van der Waals surface area contributed by atoms with Crippen LogP contribution in [-0.4, -0.2) is 53.9 Å². The predicted molar refractivity (Wildman–Crippen MR) is 157 cm³/mol. The maximum Gasteiger partial charge on any atom is 0.410 e. The Morgan fingerprint density at radius 2 is 1.40 bits per heavy atom. The van der Waals surface area contributed by atoms with Gasteiger partial charge in [0.15, 0.2) is 0 Å². The van der Waals surface area contributed by atoms with E-state index in [0.717, 1.165) is 34.2 Å². The van der Waals surface area contributed by atoms with Crippen molar-refractivity contribution >= 4 is 18.2 Å². The van der Waals surface area contributed by atoms with E-state index < -0.39 is 23.7 Å². The molecule has 0 radical (unpaired) electrons. The van der Waals surface area contributed by atoms with Crippen molar-refractivity contribution in [1.29, 1.82) is 0 Å². The summed E-state index contributed by atoms with van der Waals surface area (Å²) in [5.41, 5.74) is 4.14. The van der Waals surface area contributed by atoms with Gasteiger partial charge in [0.05, 0.1) is 6.61 Å². The number of amides is 2. The lowest BCUT2D eigenvalue weighted by molar-refractivity contribution is -0.156. The predicted octanol–water partition coefficient (Wildman–Crippen LogP) is 6.18. The summed E-state index contributed by atoms with van der Waals surface area (Å²) < 4.78 is 17.0. The molecule has 42 heavy (non-hydrogen) atoms. The summed E-state index contributed by atoms with van der Waals surface area (Å²) in [6, 6.07) is 25.3. The lowest BCUT2D eigenvalue weighted by Crippen LogP contribution is -2.68. The van der Waals surface area contributed by atoms with Gasteiger partial charge in [-0.3, -0.25) is 0 Å². The van der Waals surface area contributed by atoms with E-state index in [-0.39, 0.29) is 50.7 Å². The molecule has 2 fully saturated rings. The van der Waals surface area contributed by atoms with Gasteiger partial charge in [0, 0.05) is 30.8 Å². The van der Waals surface area contributed by atoms with Crippen molar-refractivity contribution in [2.45, 2.75) is 69.2 Å². The summed E-state index contributed by atoms with van der Waals surface area (Å²) in [4.78, 5) is 41.8. The summed E-state index contributed by atoms with van der Waals surface area (Å²) in [5, 5.41) is 2.92. The van der Waals surface area contributed by atoms with Crippen LogP contribution in [0.25, 0.3) is 11.1 Å². The first-order chi connectivity index (χ1) is 20.5. The number of benzene rings is 3. The van der Waals surface area contributed by atoms with Crippen molar-refractivity contribution in [3.8, 4) is 11.1 Å². The van der Waals surface area contributed by atoms with Crippen molar-refractivity contribution in [2.24, 2.45) is 0 Å². The minimum absolute atomic E-state index is 0.0951. The zero-order chi connectivity index (χ0) is 29.1. The summed E-state index contributed by atoms with van der Waals surface area (Å²) in [7, 11) is 0. The Morgan fingerprint density at radius 3 is 2.02 bits per heavy atom. The fourth-order valence-electron chi connectivity index (χ4n) is 6.96. The number of fused-ring (bicyclic) bond motifs is 5. The number of hydrogen-bond acceptors (Lipinski definition) is 6. The number of alkyl carbamates (subject to hydrolysis) is 1. The van der Waals surface area contributed by atoms with E-state index in [1.165, 1.54) is 0 Å². The van der Waals surface area contributed by atoms with Crippen molar-refractivity contribution < 1.29 is 28.6 Å². The zero-order valence-corrected chi connectivity index (χ0v) is 23.8. The molecule has 8 nitrogen and oxygen atoms in total. The lowest BCUT2D eigenvalue weighted by atomic mass is 9.73. The van der Waals surface area contributed by atoms with E-state index in [4.69, 9.17) is 14.2 Å². The molecule has 2 bridgehead atoms. The van der Waals surface area contributed by atoms with Crippen molar-refractivity contribution in [2.75, 3.05) is 13.2 Å². The molecule has 2 amide bonds. The Kier molecular flexibility index (Phi) is 7.87. The fourth-order valence-corrected chi connectivity index (χ4v) is 6.96. The number of nitrogens with one attached hydrogen (secondary N) is 1. The molecule has 2 saturated heterocycles. The van der Waals surface area contributed by atoms with Crippen molar-refractivity contribution in [3.63, 3.8) is 0 Å². The molecule has 2 heterocycles. The Bertz CT molecular complexity index is 1400. The molecule has 1 N–H and O–H groups in total. The number of hydrogen-bond donors (Lipinski definition) is 1. The average Bonchev–Trinajstić information content (AvgIpc) is 3.32. The Morgan fingerprint density at radius 1 is 0.810 bits per heavy atom. The third kappa shape index (κ3) is 5.33. The number of nitrogens with zero attached hydrogens (tertiary/aromatic N) is 1. The van der Waals surface area contributed by atoms with E-state index in [1.54, 1.807) is 11.8 Å². The van der Waals surface area contributed by atoms with Gasteiger partial charge in [-0.05, 0) is 54.0 Å². The molecule has 1 aliphatic carbocycles. The average molecular weight is 569 g/mol. The molecular weight excluding hydrogens is 532 g/mol. The third-order valence-electron chi connectivity index (χ3n) is 8.80. The number of rotatable bonds is 7. The molecule has 8 heteroatoms. The monoisotopic (exact) mass is 568 g/mol. The molecule has 218 valence electrons. The highest BCUT2D eigenvalue weighted by Crippen LogP contribution is 2.45. The van der Waals surface area contributed by atoms with Gasteiger partial charge in [0.1, 0.15) is 18.8 Å². The first-order valence-corrected chi connectivity index (χ1v) is 14.8. The van der Waals surface area contributed by atoms with Crippen LogP contribution >= 0.6 is 0 Å². The van der Waals surface area contributed by atoms with Gasteiger partial charge in [-0.25, -0.2) is 14.4 Å². The van der Waals surface area contributed by atoms with Crippen LogP contribution in [0.1, 0.15) is 61.6 Å². The highest BCUT2D eigenvalue weighted by Gasteiger charge is 2.54. The van der Waals surface area contributed by atoms with Gasteiger partial charge >= 0.3 is 18.2 Å². The number of esters is 1. The molecule has 2 atom stereocenters. The summed E-state index contributed by atoms with van der Waals surface area (Å²) in [5.74, 6) is -0.588. The van der Waals surface area contributed by atoms with Crippen molar-refractivity contribution in [3.05, 3.63) is 95.6 Å². The number of carbonyl (C=O) groups is 3. The molecule has 2 unspecified atom stereocenters. The van der Waals surface area contributed by atoms with Crippen LogP contribution in [0.15, 0.2) is 78.9 Å². The molecule has 3 aromatic rings. The van der Waals surface area contributed by atoms with Gasteiger partial charge in [-0.1, -0.05) is 78.9 Å². The standard InChI is InChI=1S/C34H36N2O6/c1-2-40-31(37)34(19-24-13-10-14-25(20-34)36(24)33(39)42-21-23-11-4-3-5-12-23)35-32(38)41-22-30-28-17-8-6-15-26(28)27-16-7-9-18-29(27)30/h3-9,11-12,15-18,24-25,30H,2,10,13-14,19-22H2,1H3,(H,35,38). The van der Waals surface area contributed by atoms with Crippen LogP contribution < -0.4 is 5.32 Å². The second kappa shape index (κ2) is 11.9. The smallest absolute Gasteiger partial charge is 0.410 e. The van der Waals surface area contributed by atoms with E-state index in [2.05, 4.69) is 29.6 Å². The number of ether oxygens (including phenoxy) is 3. The first-order valence-electron chi connectivity index (χ1n) is 14.8. The van der Waals surface area contributed by atoms with E-state index in [9.17, 15) is 14.4 Å². The fraction of sp³-hybridized carbons (Fsp3) is 0.382. The summed E-state index contributed by atoms with van der Waals surface area (Å²) in [6.45, 7) is 2.25. The second-order valence-electron chi connectivity index (χ2n) is 11.3.